The van der Waals surface area contributed by atoms with Gasteiger partial charge in [0.25, 0.3) is 0 Å². The number of benzene rings is 1. The largest absolute Gasteiger partial charge is 0.383 e. The molecule has 0 unspecified atom stereocenters. The highest BCUT2D eigenvalue weighted by Crippen LogP contribution is 2.23. The van der Waals surface area contributed by atoms with Crippen LogP contribution in [0.1, 0.15) is 18.9 Å². The molecule has 76 valence electrons. The molecule has 15 heavy (non-hydrogen) atoms. The third-order valence-electron chi connectivity index (χ3n) is 1.87. The van der Waals surface area contributed by atoms with Crippen molar-refractivity contribution in [2.24, 2.45) is 0 Å². The molecule has 0 heterocycles. The van der Waals surface area contributed by atoms with E-state index in [0.717, 1.165) is 23.1 Å². The molecule has 0 spiro atoms. The first-order valence-corrected chi connectivity index (χ1v) is 5.41. The molecule has 1 rings (SSSR count). The minimum atomic E-state index is 0.641. The van der Waals surface area contributed by atoms with Crippen LogP contribution < -0.4 is 5.32 Å². The molecule has 0 amide bonds. The highest BCUT2D eigenvalue weighted by Gasteiger charge is 2.04. The molecular formula is C12H11BrN2. The number of rotatable bonds is 3. The third kappa shape index (κ3) is 3.31. The van der Waals surface area contributed by atoms with Crippen LogP contribution in [-0.4, -0.2) is 6.54 Å². The molecule has 1 aromatic rings. The maximum Gasteiger partial charge on any atom is 0.103 e. The summed E-state index contributed by atoms with van der Waals surface area (Å²) in [7, 11) is 0. The van der Waals surface area contributed by atoms with E-state index in [4.69, 9.17) is 5.26 Å². The average molecular weight is 263 g/mol. The summed E-state index contributed by atoms with van der Waals surface area (Å²) in [4.78, 5) is 0. The standard InChI is InChI=1S/C12H11BrN2/c1-2-3-4-8-15-12-7-5-6-11(13)10(12)9-14/h5-7,15H,4,8H2,1H3. The van der Waals surface area contributed by atoms with Crippen LogP contribution in [0.2, 0.25) is 0 Å². The van der Waals surface area contributed by atoms with Crippen molar-refractivity contribution in [3.63, 3.8) is 0 Å². The topological polar surface area (TPSA) is 35.8 Å². The van der Waals surface area contributed by atoms with Crippen LogP contribution in [0.3, 0.4) is 0 Å². The van der Waals surface area contributed by atoms with Gasteiger partial charge in [-0.15, -0.1) is 11.8 Å². The number of nitrogens with zero attached hydrogens (tertiary/aromatic N) is 1. The second kappa shape index (κ2) is 6.11. The van der Waals surface area contributed by atoms with Crippen molar-refractivity contribution in [3.05, 3.63) is 28.2 Å². The maximum absolute atomic E-state index is 8.95. The predicted octanol–water partition coefficient (Wildman–Crippen LogP) is 3.15. The Morgan fingerprint density at radius 2 is 2.27 bits per heavy atom. The van der Waals surface area contributed by atoms with Gasteiger partial charge in [-0.1, -0.05) is 6.07 Å². The van der Waals surface area contributed by atoms with Gasteiger partial charge in [0.2, 0.25) is 0 Å². The van der Waals surface area contributed by atoms with E-state index in [0.29, 0.717) is 5.56 Å². The van der Waals surface area contributed by atoms with Crippen LogP contribution in [0.5, 0.6) is 0 Å². The van der Waals surface area contributed by atoms with E-state index in [2.05, 4.69) is 39.2 Å². The minimum absolute atomic E-state index is 0.641. The van der Waals surface area contributed by atoms with E-state index in [1.54, 1.807) is 0 Å². The highest BCUT2D eigenvalue weighted by molar-refractivity contribution is 9.10. The normalized spacial score (nSPS) is 8.60. The SMILES string of the molecule is CC#CCCNc1cccc(Br)c1C#N. The molecule has 0 aliphatic heterocycles. The Morgan fingerprint density at radius 3 is 2.93 bits per heavy atom. The van der Waals surface area contributed by atoms with Gasteiger partial charge in [0.1, 0.15) is 6.07 Å². The lowest BCUT2D eigenvalue weighted by atomic mass is 10.2. The first kappa shape index (κ1) is 11.6. The lowest BCUT2D eigenvalue weighted by molar-refractivity contribution is 1.09. The molecule has 1 aromatic carbocycles. The van der Waals surface area contributed by atoms with E-state index >= 15 is 0 Å². The van der Waals surface area contributed by atoms with E-state index in [1.807, 2.05) is 25.1 Å². The van der Waals surface area contributed by atoms with Gasteiger partial charge in [0, 0.05) is 17.4 Å². The Balaban J connectivity index is 2.72. The van der Waals surface area contributed by atoms with Crippen LogP contribution in [0, 0.1) is 23.2 Å². The Bertz CT molecular complexity index is 435. The molecule has 1 N–H and O–H groups in total. The zero-order chi connectivity index (χ0) is 11.1. The Labute approximate surface area is 98.4 Å². The van der Waals surface area contributed by atoms with E-state index in [1.165, 1.54) is 0 Å². The van der Waals surface area contributed by atoms with Crippen LogP contribution in [0.4, 0.5) is 5.69 Å². The Morgan fingerprint density at radius 1 is 1.47 bits per heavy atom. The molecule has 0 fully saturated rings. The molecule has 0 aliphatic rings. The lowest BCUT2D eigenvalue weighted by Crippen LogP contribution is -2.02. The van der Waals surface area contributed by atoms with E-state index in [9.17, 15) is 0 Å². The zero-order valence-electron chi connectivity index (χ0n) is 8.47. The summed E-state index contributed by atoms with van der Waals surface area (Å²) in [6.45, 7) is 2.58. The lowest BCUT2D eigenvalue weighted by Gasteiger charge is -2.07. The van der Waals surface area contributed by atoms with Gasteiger partial charge in [-0.05, 0) is 35.0 Å². The number of halogens is 1. The third-order valence-corrected chi connectivity index (χ3v) is 2.53. The summed E-state index contributed by atoms with van der Waals surface area (Å²) < 4.78 is 0.816. The summed E-state index contributed by atoms with van der Waals surface area (Å²) in [5, 5.41) is 12.1. The molecule has 0 bridgehead atoms. The number of hydrogen-bond donors (Lipinski definition) is 1. The summed E-state index contributed by atoms with van der Waals surface area (Å²) in [5.41, 5.74) is 1.49. The molecule has 0 aromatic heterocycles. The summed E-state index contributed by atoms with van der Waals surface area (Å²) in [5.74, 6) is 5.79. The van der Waals surface area contributed by atoms with Crippen molar-refractivity contribution in [2.75, 3.05) is 11.9 Å². The van der Waals surface area contributed by atoms with Crippen LogP contribution in [0.25, 0.3) is 0 Å². The van der Waals surface area contributed by atoms with Crippen LogP contribution >= 0.6 is 15.9 Å². The number of nitrogens with one attached hydrogen (secondary N) is 1. The molecule has 0 aliphatic carbocycles. The first-order chi connectivity index (χ1) is 7.29. The Hall–Kier alpha value is -1.45. The van der Waals surface area contributed by atoms with Crippen molar-refractivity contribution in [1.29, 1.82) is 5.26 Å². The second-order valence-corrected chi connectivity index (χ2v) is 3.73. The summed E-state index contributed by atoms with van der Waals surface area (Å²) in [6.07, 6.45) is 0.786. The summed E-state index contributed by atoms with van der Waals surface area (Å²) >= 11 is 3.34. The smallest absolute Gasteiger partial charge is 0.103 e. The van der Waals surface area contributed by atoms with Crippen molar-refractivity contribution in [3.8, 4) is 17.9 Å². The van der Waals surface area contributed by atoms with Crippen molar-refractivity contribution in [2.45, 2.75) is 13.3 Å². The average Bonchev–Trinajstić information content (AvgIpc) is 2.24. The fourth-order valence-corrected chi connectivity index (χ4v) is 1.62. The van der Waals surface area contributed by atoms with Crippen molar-refractivity contribution >= 4 is 21.6 Å². The number of hydrogen-bond acceptors (Lipinski definition) is 2. The molecule has 0 saturated heterocycles. The fraction of sp³-hybridized carbons (Fsp3) is 0.250. The molecule has 3 heteroatoms. The van der Waals surface area contributed by atoms with Crippen molar-refractivity contribution < 1.29 is 0 Å². The molecular weight excluding hydrogens is 252 g/mol. The van der Waals surface area contributed by atoms with E-state index in [-0.39, 0.29) is 0 Å². The van der Waals surface area contributed by atoms with Crippen LogP contribution in [0.15, 0.2) is 22.7 Å². The van der Waals surface area contributed by atoms with Gasteiger partial charge in [0.15, 0.2) is 0 Å². The first-order valence-electron chi connectivity index (χ1n) is 4.61. The number of nitriles is 1. The predicted molar refractivity (Wildman–Crippen MR) is 65.4 cm³/mol. The molecule has 0 radical (unpaired) electrons. The fourth-order valence-electron chi connectivity index (χ4n) is 1.17. The molecule has 2 nitrogen and oxygen atoms in total. The van der Waals surface area contributed by atoms with Gasteiger partial charge < -0.3 is 5.32 Å². The Kier molecular flexibility index (Phi) is 4.74. The van der Waals surface area contributed by atoms with Gasteiger partial charge in [-0.2, -0.15) is 5.26 Å². The van der Waals surface area contributed by atoms with Crippen LogP contribution in [-0.2, 0) is 0 Å². The quantitative estimate of drug-likeness (QED) is 0.671. The van der Waals surface area contributed by atoms with Crippen molar-refractivity contribution in [1.82, 2.24) is 0 Å². The van der Waals surface area contributed by atoms with Gasteiger partial charge >= 0.3 is 0 Å². The van der Waals surface area contributed by atoms with Gasteiger partial charge in [-0.3, -0.25) is 0 Å². The molecule has 0 saturated carbocycles. The van der Waals surface area contributed by atoms with E-state index < -0.39 is 0 Å². The monoisotopic (exact) mass is 262 g/mol. The van der Waals surface area contributed by atoms with Gasteiger partial charge in [0.05, 0.1) is 11.3 Å². The maximum atomic E-state index is 8.95. The minimum Gasteiger partial charge on any atom is -0.383 e. The molecule has 0 atom stereocenters. The zero-order valence-corrected chi connectivity index (χ0v) is 10.1. The number of anilines is 1. The summed E-state index contributed by atoms with van der Waals surface area (Å²) in [6, 6.07) is 7.81. The van der Waals surface area contributed by atoms with Gasteiger partial charge in [-0.25, -0.2) is 0 Å². The highest BCUT2D eigenvalue weighted by atomic mass is 79.9. The second-order valence-electron chi connectivity index (χ2n) is 2.88.